The summed E-state index contributed by atoms with van der Waals surface area (Å²) in [6.07, 6.45) is 2.09. The standard InChI is InChI=1S/C20H30N2O5S/c1-20(2,3)27-19(25)22-15(12-11-14-9-7-6-8-10-14)17(23)21-16(13-28-5)18(24)26-4/h6-10,15-16H,11-13H2,1-5H3,(H,21,23)(H,22,25). The summed E-state index contributed by atoms with van der Waals surface area (Å²) < 4.78 is 10.0. The largest absolute Gasteiger partial charge is 0.467 e. The third kappa shape index (κ3) is 9.12. The van der Waals surface area contributed by atoms with Crippen molar-refractivity contribution in [1.29, 1.82) is 0 Å². The van der Waals surface area contributed by atoms with Crippen LogP contribution in [0.2, 0.25) is 0 Å². The first kappa shape index (κ1) is 23.8. The molecule has 0 spiro atoms. The lowest BCUT2D eigenvalue weighted by Crippen LogP contribution is -2.53. The molecule has 8 heteroatoms. The van der Waals surface area contributed by atoms with E-state index in [1.165, 1.54) is 18.9 Å². The molecular formula is C20H30N2O5S. The molecule has 7 nitrogen and oxygen atoms in total. The number of carbonyl (C=O) groups excluding carboxylic acids is 3. The molecule has 0 radical (unpaired) electrons. The Hall–Kier alpha value is -2.22. The number of methoxy groups -OCH3 is 1. The minimum absolute atomic E-state index is 0.363. The van der Waals surface area contributed by atoms with E-state index in [0.717, 1.165) is 5.56 Å². The fraction of sp³-hybridized carbons (Fsp3) is 0.550. The van der Waals surface area contributed by atoms with Gasteiger partial charge in [-0.25, -0.2) is 9.59 Å². The molecule has 0 fully saturated rings. The fourth-order valence-corrected chi connectivity index (χ4v) is 2.98. The molecule has 28 heavy (non-hydrogen) atoms. The van der Waals surface area contributed by atoms with Crippen LogP contribution in [0.3, 0.4) is 0 Å². The number of hydrogen-bond donors (Lipinski definition) is 2. The molecule has 1 aromatic carbocycles. The number of ether oxygens (including phenoxy) is 2. The minimum Gasteiger partial charge on any atom is -0.467 e. The molecule has 0 aliphatic carbocycles. The van der Waals surface area contributed by atoms with Crippen LogP contribution in [0.4, 0.5) is 4.79 Å². The second kappa shape index (κ2) is 11.6. The maximum absolute atomic E-state index is 12.8. The molecule has 1 aromatic rings. The molecule has 0 saturated carbocycles. The summed E-state index contributed by atoms with van der Waals surface area (Å²) in [5, 5.41) is 5.28. The molecule has 2 atom stereocenters. The first-order valence-corrected chi connectivity index (χ1v) is 10.5. The van der Waals surface area contributed by atoms with E-state index in [0.29, 0.717) is 18.6 Å². The van der Waals surface area contributed by atoms with Crippen molar-refractivity contribution in [3.63, 3.8) is 0 Å². The summed E-state index contributed by atoms with van der Waals surface area (Å²) in [7, 11) is 1.27. The third-order valence-corrected chi connectivity index (χ3v) is 4.37. The second-order valence-electron chi connectivity index (χ2n) is 7.26. The third-order valence-electron chi connectivity index (χ3n) is 3.71. The molecule has 2 amide bonds. The van der Waals surface area contributed by atoms with Gasteiger partial charge in [0.15, 0.2) is 0 Å². The molecule has 2 N–H and O–H groups in total. The number of hydrogen-bond acceptors (Lipinski definition) is 6. The molecule has 0 aliphatic rings. The van der Waals surface area contributed by atoms with Crippen molar-refractivity contribution in [2.24, 2.45) is 0 Å². The van der Waals surface area contributed by atoms with E-state index >= 15 is 0 Å². The number of amides is 2. The lowest BCUT2D eigenvalue weighted by molar-refractivity contribution is -0.144. The quantitative estimate of drug-likeness (QED) is 0.608. The average molecular weight is 411 g/mol. The summed E-state index contributed by atoms with van der Waals surface area (Å²) in [6.45, 7) is 5.24. The van der Waals surface area contributed by atoms with Crippen molar-refractivity contribution in [1.82, 2.24) is 10.6 Å². The Morgan fingerprint density at radius 2 is 1.71 bits per heavy atom. The van der Waals surface area contributed by atoms with Gasteiger partial charge >= 0.3 is 12.1 Å². The zero-order valence-corrected chi connectivity index (χ0v) is 17.9. The van der Waals surface area contributed by atoms with Crippen LogP contribution >= 0.6 is 11.8 Å². The summed E-state index contributed by atoms with van der Waals surface area (Å²) in [5.74, 6) is -0.607. The fourth-order valence-electron chi connectivity index (χ4n) is 2.42. The Labute approximate surface area is 170 Å². The highest BCUT2D eigenvalue weighted by molar-refractivity contribution is 7.98. The van der Waals surface area contributed by atoms with E-state index in [4.69, 9.17) is 9.47 Å². The minimum atomic E-state index is -0.843. The highest BCUT2D eigenvalue weighted by atomic mass is 32.2. The van der Waals surface area contributed by atoms with Crippen molar-refractivity contribution >= 4 is 29.7 Å². The van der Waals surface area contributed by atoms with E-state index < -0.39 is 35.7 Å². The molecule has 0 bridgehead atoms. The van der Waals surface area contributed by atoms with E-state index in [9.17, 15) is 14.4 Å². The number of alkyl carbamates (subject to hydrolysis) is 1. The van der Waals surface area contributed by atoms with E-state index in [2.05, 4.69) is 10.6 Å². The van der Waals surface area contributed by atoms with Gasteiger partial charge in [0.05, 0.1) is 7.11 Å². The summed E-state index contributed by atoms with van der Waals surface area (Å²) in [6, 6.07) is 8.02. The highest BCUT2D eigenvalue weighted by Gasteiger charge is 2.28. The Bertz CT molecular complexity index is 646. The number of benzene rings is 1. The average Bonchev–Trinajstić information content (AvgIpc) is 2.63. The number of nitrogens with one attached hydrogen (secondary N) is 2. The monoisotopic (exact) mass is 410 g/mol. The number of esters is 1. The van der Waals surface area contributed by atoms with Gasteiger partial charge in [0.25, 0.3) is 0 Å². The van der Waals surface area contributed by atoms with Crippen molar-refractivity contribution in [2.75, 3.05) is 19.1 Å². The number of aryl methyl sites for hydroxylation is 1. The zero-order chi connectivity index (χ0) is 21.2. The normalized spacial score (nSPS) is 13.2. The lowest BCUT2D eigenvalue weighted by atomic mass is 10.0. The number of thioether (sulfide) groups is 1. The topological polar surface area (TPSA) is 93.7 Å². The number of rotatable bonds is 9. The first-order valence-electron chi connectivity index (χ1n) is 9.07. The molecular weight excluding hydrogens is 380 g/mol. The predicted molar refractivity (Wildman–Crippen MR) is 110 cm³/mol. The molecule has 0 heterocycles. The molecule has 0 aliphatic heterocycles. The first-order chi connectivity index (χ1) is 13.2. The maximum Gasteiger partial charge on any atom is 0.408 e. The SMILES string of the molecule is COC(=O)C(CSC)NC(=O)C(CCc1ccccc1)NC(=O)OC(C)(C)C. The van der Waals surface area contributed by atoms with Gasteiger partial charge in [0, 0.05) is 5.75 Å². The van der Waals surface area contributed by atoms with Crippen LogP contribution in [0.5, 0.6) is 0 Å². The van der Waals surface area contributed by atoms with Crippen molar-refractivity contribution < 1.29 is 23.9 Å². The van der Waals surface area contributed by atoms with Crippen LogP contribution in [0.15, 0.2) is 30.3 Å². The van der Waals surface area contributed by atoms with Crippen LogP contribution in [-0.2, 0) is 25.5 Å². The molecule has 0 saturated heterocycles. The smallest absolute Gasteiger partial charge is 0.408 e. The van der Waals surface area contributed by atoms with E-state index in [1.54, 1.807) is 20.8 Å². The van der Waals surface area contributed by atoms with Crippen LogP contribution in [0.25, 0.3) is 0 Å². The van der Waals surface area contributed by atoms with Gasteiger partial charge in [-0.2, -0.15) is 11.8 Å². The van der Waals surface area contributed by atoms with Gasteiger partial charge in [-0.15, -0.1) is 0 Å². The second-order valence-corrected chi connectivity index (χ2v) is 8.17. The van der Waals surface area contributed by atoms with Crippen molar-refractivity contribution in [3.05, 3.63) is 35.9 Å². The Balaban J connectivity index is 2.85. The van der Waals surface area contributed by atoms with Gasteiger partial charge in [-0.1, -0.05) is 30.3 Å². The molecule has 1 rings (SSSR count). The summed E-state index contributed by atoms with van der Waals surface area (Å²) in [5.41, 5.74) is 0.359. The summed E-state index contributed by atoms with van der Waals surface area (Å²) >= 11 is 1.41. The van der Waals surface area contributed by atoms with Gasteiger partial charge in [-0.3, -0.25) is 4.79 Å². The number of carbonyl (C=O) groups is 3. The van der Waals surface area contributed by atoms with E-state index in [-0.39, 0.29) is 0 Å². The van der Waals surface area contributed by atoms with Crippen molar-refractivity contribution in [2.45, 2.75) is 51.3 Å². The van der Waals surface area contributed by atoms with Crippen molar-refractivity contribution in [3.8, 4) is 0 Å². The van der Waals surface area contributed by atoms with Gasteiger partial charge in [0.2, 0.25) is 5.91 Å². The molecule has 0 aromatic heterocycles. The highest BCUT2D eigenvalue weighted by Crippen LogP contribution is 2.10. The van der Waals surface area contributed by atoms with Crippen LogP contribution in [0.1, 0.15) is 32.8 Å². The van der Waals surface area contributed by atoms with Gasteiger partial charge in [0.1, 0.15) is 17.7 Å². The molecule has 156 valence electrons. The Morgan fingerprint density at radius 3 is 2.25 bits per heavy atom. The predicted octanol–water partition coefficient (Wildman–Crippen LogP) is 2.53. The maximum atomic E-state index is 12.8. The van der Waals surface area contributed by atoms with Crippen LogP contribution < -0.4 is 10.6 Å². The van der Waals surface area contributed by atoms with E-state index in [1.807, 2.05) is 36.6 Å². The Morgan fingerprint density at radius 1 is 1.07 bits per heavy atom. The zero-order valence-electron chi connectivity index (χ0n) is 17.1. The van der Waals surface area contributed by atoms with Gasteiger partial charge in [-0.05, 0) is 45.4 Å². The Kier molecular flexibility index (Phi) is 9.85. The molecule has 2 unspecified atom stereocenters. The summed E-state index contributed by atoms with van der Waals surface area (Å²) in [4.78, 5) is 36.8. The van der Waals surface area contributed by atoms with Crippen LogP contribution in [0, 0.1) is 0 Å². The lowest BCUT2D eigenvalue weighted by Gasteiger charge is -2.24. The van der Waals surface area contributed by atoms with Crippen LogP contribution in [-0.4, -0.2) is 54.8 Å². The van der Waals surface area contributed by atoms with Gasteiger partial charge < -0.3 is 20.1 Å².